The van der Waals surface area contributed by atoms with Gasteiger partial charge < -0.3 is 10.2 Å². The lowest BCUT2D eigenvalue weighted by atomic mass is 9.71. The molecular weight excluding hydrogens is 370 g/mol. The first-order valence-electron chi connectivity index (χ1n) is 6.48. The monoisotopic (exact) mass is 381 g/mol. The summed E-state index contributed by atoms with van der Waals surface area (Å²) in [5.41, 5.74) is -1.91. The molecule has 120 valence electrons. The van der Waals surface area contributed by atoms with Gasteiger partial charge in [0.05, 0.1) is 10.5 Å². The van der Waals surface area contributed by atoms with Crippen molar-refractivity contribution < 1.29 is 24.7 Å². The number of allylic oxidation sites excluding steroid dienone is 2. The molecule has 1 aliphatic rings. The highest BCUT2D eigenvalue weighted by molar-refractivity contribution is 9.10. The second kappa shape index (κ2) is 5.96. The van der Waals surface area contributed by atoms with Crippen molar-refractivity contribution in [1.82, 2.24) is 0 Å². The second-order valence-corrected chi connectivity index (χ2v) is 6.15. The summed E-state index contributed by atoms with van der Waals surface area (Å²) < 4.78 is 0.430. The van der Waals surface area contributed by atoms with Crippen LogP contribution >= 0.6 is 15.9 Å². The molecule has 2 N–H and O–H groups in total. The summed E-state index contributed by atoms with van der Waals surface area (Å²) in [5.74, 6) is -2.59. The van der Waals surface area contributed by atoms with E-state index in [1.807, 2.05) is 0 Å². The van der Waals surface area contributed by atoms with Gasteiger partial charge in [-0.15, -0.1) is 0 Å². The van der Waals surface area contributed by atoms with Crippen LogP contribution in [0.5, 0.6) is 0 Å². The summed E-state index contributed by atoms with van der Waals surface area (Å²) in [6.07, 6.45) is 2.36. The third kappa shape index (κ3) is 3.02. The third-order valence-electron chi connectivity index (χ3n) is 3.64. The minimum Gasteiger partial charge on any atom is -0.480 e. The Hall–Kier alpha value is -2.48. The van der Waals surface area contributed by atoms with Crippen molar-refractivity contribution in [2.24, 2.45) is 0 Å². The molecule has 7 nitrogen and oxygen atoms in total. The number of benzene rings is 1. The first kappa shape index (κ1) is 16.9. The Kier molecular flexibility index (Phi) is 4.37. The van der Waals surface area contributed by atoms with Gasteiger partial charge in [0, 0.05) is 22.5 Å². The molecular formula is C15H12BrNO6. The van der Waals surface area contributed by atoms with E-state index in [-0.39, 0.29) is 23.2 Å². The number of carbonyl (C=O) groups is 2. The zero-order chi connectivity index (χ0) is 17.4. The lowest BCUT2D eigenvalue weighted by Gasteiger charge is -2.30. The standard InChI is InChI=1S/C15H12BrNO6/c1-8-4-9(13(18)19)7-15(6-8,14(20)21)11-3-2-10(16)5-12(11)17(22)23/h2-6H,7H2,1H3,(H,18,19)(H,20,21). The summed E-state index contributed by atoms with van der Waals surface area (Å²) in [7, 11) is 0. The van der Waals surface area contributed by atoms with E-state index in [1.54, 1.807) is 6.92 Å². The van der Waals surface area contributed by atoms with Gasteiger partial charge in [-0.05, 0) is 25.1 Å². The van der Waals surface area contributed by atoms with Crippen LogP contribution in [0.2, 0.25) is 0 Å². The van der Waals surface area contributed by atoms with E-state index in [2.05, 4.69) is 15.9 Å². The van der Waals surface area contributed by atoms with E-state index in [1.165, 1.54) is 30.4 Å². The summed E-state index contributed by atoms with van der Waals surface area (Å²) in [4.78, 5) is 33.9. The quantitative estimate of drug-likeness (QED) is 0.611. The fourth-order valence-electron chi connectivity index (χ4n) is 2.70. The maximum Gasteiger partial charge on any atom is 0.331 e. The molecule has 2 rings (SSSR count). The number of carboxylic acids is 2. The summed E-state index contributed by atoms with van der Waals surface area (Å²) in [6.45, 7) is 1.56. The minimum atomic E-state index is -1.80. The lowest BCUT2D eigenvalue weighted by molar-refractivity contribution is -0.386. The van der Waals surface area contributed by atoms with E-state index in [4.69, 9.17) is 0 Å². The van der Waals surface area contributed by atoms with Crippen molar-refractivity contribution in [3.63, 3.8) is 0 Å². The molecule has 1 aromatic rings. The van der Waals surface area contributed by atoms with E-state index in [9.17, 15) is 29.9 Å². The van der Waals surface area contributed by atoms with Crippen molar-refractivity contribution in [2.45, 2.75) is 18.8 Å². The number of halogens is 1. The molecule has 0 radical (unpaired) electrons. The highest BCUT2D eigenvalue weighted by Gasteiger charge is 2.46. The average Bonchev–Trinajstić information content (AvgIpc) is 2.45. The number of carboxylic acid groups (broad SMARTS) is 2. The smallest absolute Gasteiger partial charge is 0.331 e. The van der Waals surface area contributed by atoms with Gasteiger partial charge in [0.2, 0.25) is 0 Å². The Bertz CT molecular complexity index is 782. The highest BCUT2D eigenvalue weighted by Crippen LogP contribution is 2.42. The fraction of sp³-hybridized carbons (Fsp3) is 0.200. The van der Waals surface area contributed by atoms with Crippen molar-refractivity contribution >= 4 is 33.6 Å². The van der Waals surface area contributed by atoms with Gasteiger partial charge in [0.25, 0.3) is 5.69 Å². The molecule has 1 aromatic carbocycles. The molecule has 0 spiro atoms. The Labute approximate surface area is 139 Å². The van der Waals surface area contributed by atoms with E-state index < -0.39 is 22.3 Å². The molecule has 0 saturated heterocycles. The van der Waals surface area contributed by atoms with Crippen LogP contribution in [-0.4, -0.2) is 27.1 Å². The molecule has 0 saturated carbocycles. The van der Waals surface area contributed by atoms with Crippen LogP contribution in [0.4, 0.5) is 5.69 Å². The van der Waals surface area contributed by atoms with E-state index >= 15 is 0 Å². The zero-order valence-electron chi connectivity index (χ0n) is 11.9. The molecule has 23 heavy (non-hydrogen) atoms. The Morgan fingerprint density at radius 3 is 2.52 bits per heavy atom. The molecule has 0 fully saturated rings. The normalized spacial score (nSPS) is 20.4. The first-order chi connectivity index (χ1) is 10.7. The number of nitrogens with zero attached hydrogens (tertiary/aromatic N) is 1. The SMILES string of the molecule is CC1=CC(C(=O)O)(c2ccc(Br)cc2[N+](=O)[O-])CC(C(=O)O)=C1. The van der Waals surface area contributed by atoms with Gasteiger partial charge in [-0.3, -0.25) is 14.9 Å². The number of nitro benzene ring substituents is 1. The van der Waals surface area contributed by atoms with Crippen LogP contribution in [0.1, 0.15) is 18.9 Å². The summed E-state index contributed by atoms with van der Waals surface area (Å²) in [6, 6.07) is 4.04. The van der Waals surface area contributed by atoms with E-state index in [0.717, 1.165) is 0 Å². The molecule has 1 aliphatic carbocycles. The maximum atomic E-state index is 12.0. The van der Waals surface area contributed by atoms with Crippen molar-refractivity contribution in [2.75, 3.05) is 0 Å². The third-order valence-corrected chi connectivity index (χ3v) is 4.13. The number of hydrogen-bond donors (Lipinski definition) is 2. The van der Waals surface area contributed by atoms with Gasteiger partial charge in [-0.25, -0.2) is 4.79 Å². The van der Waals surface area contributed by atoms with E-state index in [0.29, 0.717) is 10.0 Å². The van der Waals surface area contributed by atoms with Crippen molar-refractivity contribution in [3.05, 3.63) is 61.6 Å². The number of aliphatic carboxylic acids is 2. The Balaban J connectivity index is 2.75. The largest absolute Gasteiger partial charge is 0.480 e. The van der Waals surface area contributed by atoms with Crippen LogP contribution in [0.15, 0.2) is 46.0 Å². The summed E-state index contributed by atoms with van der Waals surface area (Å²) >= 11 is 3.12. The van der Waals surface area contributed by atoms with Crippen LogP contribution in [0.25, 0.3) is 0 Å². The Morgan fingerprint density at radius 1 is 1.35 bits per heavy atom. The zero-order valence-corrected chi connectivity index (χ0v) is 13.5. The second-order valence-electron chi connectivity index (χ2n) is 5.23. The maximum absolute atomic E-state index is 12.0. The predicted octanol–water partition coefficient (Wildman–Crippen LogP) is 3.04. The number of nitro groups is 1. The number of rotatable bonds is 4. The van der Waals surface area contributed by atoms with Crippen molar-refractivity contribution in [3.8, 4) is 0 Å². The Morgan fingerprint density at radius 2 is 2.00 bits per heavy atom. The van der Waals surface area contributed by atoms with Gasteiger partial charge in [-0.1, -0.05) is 27.6 Å². The van der Waals surface area contributed by atoms with Crippen molar-refractivity contribution in [1.29, 1.82) is 0 Å². The molecule has 0 aromatic heterocycles. The first-order valence-corrected chi connectivity index (χ1v) is 7.28. The molecule has 0 heterocycles. The molecule has 0 amide bonds. The number of hydrogen-bond acceptors (Lipinski definition) is 4. The van der Waals surface area contributed by atoms with Gasteiger partial charge in [0.15, 0.2) is 0 Å². The summed E-state index contributed by atoms with van der Waals surface area (Å²) in [5, 5.41) is 30.3. The minimum absolute atomic E-state index is 0.0515. The fourth-order valence-corrected chi connectivity index (χ4v) is 3.05. The predicted molar refractivity (Wildman–Crippen MR) is 84.2 cm³/mol. The van der Waals surface area contributed by atoms with Crippen LogP contribution in [-0.2, 0) is 15.0 Å². The highest BCUT2D eigenvalue weighted by atomic mass is 79.9. The van der Waals surface area contributed by atoms with Gasteiger partial charge >= 0.3 is 11.9 Å². The molecule has 1 unspecified atom stereocenters. The molecule has 1 atom stereocenters. The van der Waals surface area contributed by atoms with Gasteiger partial charge in [0.1, 0.15) is 5.41 Å². The van der Waals surface area contributed by atoms with Crippen LogP contribution < -0.4 is 0 Å². The topological polar surface area (TPSA) is 118 Å². The van der Waals surface area contributed by atoms with Crippen LogP contribution in [0.3, 0.4) is 0 Å². The average molecular weight is 382 g/mol. The molecule has 0 aliphatic heterocycles. The lowest BCUT2D eigenvalue weighted by Crippen LogP contribution is -2.37. The van der Waals surface area contributed by atoms with Crippen LogP contribution in [0, 0.1) is 10.1 Å². The van der Waals surface area contributed by atoms with Gasteiger partial charge in [-0.2, -0.15) is 0 Å². The molecule has 8 heteroatoms. The molecule has 0 bridgehead atoms.